The summed E-state index contributed by atoms with van der Waals surface area (Å²) < 4.78 is 0. The second kappa shape index (κ2) is 7.58. The number of nitrogens with one attached hydrogen (secondary N) is 1. The van der Waals surface area contributed by atoms with Gasteiger partial charge in [0.2, 0.25) is 5.91 Å². The zero-order valence-corrected chi connectivity index (χ0v) is 11.4. The molecule has 94 valence electrons. The molecular formula is C12H17ClN2OS. The number of carbonyl (C=O) groups excluding carboxylic acids is 1. The summed E-state index contributed by atoms with van der Waals surface area (Å²) in [5, 5.41) is 3.99. The number of nitrogens with two attached hydrogens (primary N) is 1. The van der Waals surface area contributed by atoms with Gasteiger partial charge in [0.25, 0.3) is 0 Å². The van der Waals surface area contributed by atoms with Crippen molar-refractivity contribution in [3.8, 4) is 0 Å². The number of amides is 1. The Morgan fingerprint density at radius 1 is 1.53 bits per heavy atom. The average molecular weight is 273 g/mol. The lowest BCUT2D eigenvalue weighted by atomic mass is 10.2. The number of thioether (sulfide) groups is 1. The fourth-order valence-corrected chi connectivity index (χ4v) is 2.57. The Labute approximate surface area is 111 Å². The molecule has 3 nitrogen and oxygen atoms in total. The molecule has 0 unspecified atom stereocenters. The van der Waals surface area contributed by atoms with Crippen LogP contribution in [0.25, 0.3) is 0 Å². The van der Waals surface area contributed by atoms with E-state index in [2.05, 4.69) is 12.2 Å². The molecular weight excluding hydrogens is 256 g/mol. The molecule has 17 heavy (non-hydrogen) atoms. The van der Waals surface area contributed by atoms with Gasteiger partial charge >= 0.3 is 0 Å². The molecule has 0 spiro atoms. The number of hydrogen-bond acceptors (Lipinski definition) is 3. The first-order valence-electron chi connectivity index (χ1n) is 5.54. The summed E-state index contributed by atoms with van der Waals surface area (Å²) in [5.41, 5.74) is 6.25. The Hall–Kier alpha value is -0.710. The highest BCUT2D eigenvalue weighted by Gasteiger charge is 2.08. The average Bonchev–Trinajstić information content (AvgIpc) is 2.28. The van der Waals surface area contributed by atoms with E-state index < -0.39 is 0 Å². The molecule has 0 fully saturated rings. The molecule has 0 radical (unpaired) electrons. The lowest BCUT2D eigenvalue weighted by Gasteiger charge is -2.11. The number of halogens is 1. The largest absolute Gasteiger partial charge is 0.369 e. The van der Waals surface area contributed by atoms with Crippen LogP contribution in [0.2, 0.25) is 5.02 Å². The Balaban J connectivity index is 2.73. The second-order valence-corrected chi connectivity index (χ2v) is 5.05. The maximum atomic E-state index is 10.8. The van der Waals surface area contributed by atoms with E-state index in [0.29, 0.717) is 5.02 Å². The van der Waals surface area contributed by atoms with Gasteiger partial charge in [-0.05, 0) is 24.6 Å². The van der Waals surface area contributed by atoms with Crippen LogP contribution in [0.3, 0.4) is 0 Å². The van der Waals surface area contributed by atoms with E-state index in [1.54, 1.807) is 0 Å². The Kier molecular flexibility index (Phi) is 6.40. The molecule has 0 aliphatic rings. The minimum atomic E-state index is -0.331. The molecule has 0 aliphatic heterocycles. The van der Waals surface area contributed by atoms with E-state index in [0.717, 1.165) is 30.0 Å². The third kappa shape index (κ3) is 4.98. The van der Waals surface area contributed by atoms with Crippen molar-refractivity contribution in [1.82, 2.24) is 5.32 Å². The van der Waals surface area contributed by atoms with Crippen LogP contribution in [0.15, 0.2) is 23.1 Å². The third-order valence-electron chi connectivity index (χ3n) is 2.15. The predicted octanol–water partition coefficient (Wildman–Crippen LogP) is 2.42. The van der Waals surface area contributed by atoms with Crippen LogP contribution in [0, 0.1) is 0 Å². The summed E-state index contributed by atoms with van der Waals surface area (Å²) >= 11 is 7.52. The van der Waals surface area contributed by atoms with Crippen LogP contribution >= 0.6 is 23.4 Å². The molecule has 1 aromatic carbocycles. The van der Waals surface area contributed by atoms with Crippen molar-refractivity contribution in [1.29, 1.82) is 0 Å². The van der Waals surface area contributed by atoms with Gasteiger partial charge in [0.1, 0.15) is 0 Å². The van der Waals surface area contributed by atoms with Crippen molar-refractivity contribution in [3.63, 3.8) is 0 Å². The topological polar surface area (TPSA) is 55.1 Å². The van der Waals surface area contributed by atoms with E-state index >= 15 is 0 Å². The van der Waals surface area contributed by atoms with Crippen LogP contribution in [0.4, 0.5) is 0 Å². The van der Waals surface area contributed by atoms with Crippen molar-refractivity contribution in [2.75, 3.05) is 12.3 Å². The van der Waals surface area contributed by atoms with Gasteiger partial charge in [-0.3, -0.25) is 4.79 Å². The molecule has 0 atom stereocenters. The standard InChI is InChI=1S/C12H17ClN2OS/c1-2-6-15-7-9-4-3-5-10(13)12(9)17-8-11(14)16/h3-5,15H,2,6-8H2,1H3,(H2,14,16). The molecule has 1 rings (SSSR count). The first-order valence-corrected chi connectivity index (χ1v) is 6.90. The molecule has 0 saturated heterocycles. The molecule has 3 N–H and O–H groups in total. The Morgan fingerprint density at radius 2 is 2.29 bits per heavy atom. The fourth-order valence-electron chi connectivity index (χ4n) is 1.40. The summed E-state index contributed by atoms with van der Waals surface area (Å²) in [6, 6.07) is 5.76. The van der Waals surface area contributed by atoms with Crippen LogP contribution in [-0.2, 0) is 11.3 Å². The van der Waals surface area contributed by atoms with E-state index in [4.69, 9.17) is 17.3 Å². The summed E-state index contributed by atoms with van der Waals surface area (Å²) in [7, 11) is 0. The van der Waals surface area contributed by atoms with E-state index in [1.807, 2.05) is 18.2 Å². The summed E-state index contributed by atoms with van der Waals surface area (Å²) in [5.74, 6) is -0.0766. The van der Waals surface area contributed by atoms with Crippen molar-refractivity contribution in [2.45, 2.75) is 24.8 Å². The third-order valence-corrected chi connectivity index (χ3v) is 3.78. The Bertz CT molecular complexity index is 385. The minimum Gasteiger partial charge on any atom is -0.369 e. The van der Waals surface area contributed by atoms with Gasteiger partial charge in [0.05, 0.1) is 10.8 Å². The number of primary amides is 1. The van der Waals surface area contributed by atoms with Gasteiger partial charge in [0.15, 0.2) is 0 Å². The quantitative estimate of drug-likeness (QED) is 0.592. The number of rotatable bonds is 7. The highest BCUT2D eigenvalue weighted by Crippen LogP contribution is 2.30. The number of benzene rings is 1. The van der Waals surface area contributed by atoms with Crippen molar-refractivity contribution in [3.05, 3.63) is 28.8 Å². The molecule has 0 heterocycles. The van der Waals surface area contributed by atoms with Gasteiger partial charge in [-0.2, -0.15) is 0 Å². The normalized spacial score (nSPS) is 10.5. The van der Waals surface area contributed by atoms with E-state index in [1.165, 1.54) is 11.8 Å². The molecule has 0 aromatic heterocycles. The SMILES string of the molecule is CCCNCc1cccc(Cl)c1SCC(N)=O. The predicted molar refractivity (Wildman–Crippen MR) is 73.4 cm³/mol. The summed E-state index contributed by atoms with van der Waals surface area (Å²) in [6.45, 7) is 3.84. The fraction of sp³-hybridized carbons (Fsp3) is 0.417. The van der Waals surface area contributed by atoms with Crippen molar-refractivity contribution in [2.24, 2.45) is 5.73 Å². The van der Waals surface area contributed by atoms with Crippen molar-refractivity contribution >= 4 is 29.3 Å². The number of hydrogen-bond donors (Lipinski definition) is 2. The minimum absolute atomic E-state index is 0.254. The zero-order valence-electron chi connectivity index (χ0n) is 9.83. The molecule has 1 aromatic rings. The highest BCUT2D eigenvalue weighted by atomic mass is 35.5. The van der Waals surface area contributed by atoms with Crippen LogP contribution in [-0.4, -0.2) is 18.2 Å². The van der Waals surface area contributed by atoms with Gasteiger partial charge < -0.3 is 11.1 Å². The maximum Gasteiger partial charge on any atom is 0.227 e. The second-order valence-electron chi connectivity index (χ2n) is 3.66. The van der Waals surface area contributed by atoms with Crippen LogP contribution in [0.1, 0.15) is 18.9 Å². The first-order chi connectivity index (χ1) is 8.15. The highest BCUT2D eigenvalue weighted by molar-refractivity contribution is 8.00. The van der Waals surface area contributed by atoms with Gasteiger partial charge in [0, 0.05) is 11.4 Å². The molecule has 5 heteroatoms. The van der Waals surface area contributed by atoms with E-state index in [-0.39, 0.29) is 11.7 Å². The van der Waals surface area contributed by atoms with E-state index in [9.17, 15) is 4.79 Å². The van der Waals surface area contributed by atoms with Crippen LogP contribution in [0.5, 0.6) is 0 Å². The molecule has 1 amide bonds. The molecule has 0 saturated carbocycles. The summed E-state index contributed by atoms with van der Waals surface area (Å²) in [6.07, 6.45) is 1.09. The van der Waals surface area contributed by atoms with Gasteiger partial charge in [-0.25, -0.2) is 0 Å². The monoisotopic (exact) mass is 272 g/mol. The lowest BCUT2D eigenvalue weighted by molar-refractivity contribution is -0.115. The number of carbonyl (C=O) groups is 1. The van der Waals surface area contributed by atoms with Gasteiger partial charge in [-0.15, -0.1) is 11.8 Å². The Morgan fingerprint density at radius 3 is 2.94 bits per heavy atom. The first kappa shape index (κ1) is 14.4. The maximum absolute atomic E-state index is 10.8. The lowest BCUT2D eigenvalue weighted by Crippen LogP contribution is -2.16. The smallest absolute Gasteiger partial charge is 0.227 e. The van der Waals surface area contributed by atoms with Gasteiger partial charge in [-0.1, -0.05) is 30.7 Å². The summed E-state index contributed by atoms with van der Waals surface area (Å²) in [4.78, 5) is 11.7. The van der Waals surface area contributed by atoms with Crippen LogP contribution < -0.4 is 11.1 Å². The molecule has 0 bridgehead atoms. The van der Waals surface area contributed by atoms with Crippen molar-refractivity contribution < 1.29 is 4.79 Å². The zero-order chi connectivity index (χ0) is 12.7. The molecule has 0 aliphatic carbocycles.